The van der Waals surface area contributed by atoms with Gasteiger partial charge in [0.05, 0.1) is 18.6 Å². The number of nitrogens with zero attached hydrogens (tertiary/aromatic N) is 5. The molecule has 0 radical (unpaired) electrons. The Kier molecular flexibility index (Phi) is 5.86. The summed E-state index contributed by atoms with van der Waals surface area (Å²) in [5.41, 5.74) is 0.916. The largest absolute Gasteiger partial charge is 0.338 e. The van der Waals surface area contributed by atoms with E-state index in [9.17, 15) is 4.79 Å². The van der Waals surface area contributed by atoms with E-state index in [2.05, 4.69) is 47.7 Å². The maximum Gasteiger partial charge on any atom is 0.253 e. The summed E-state index contributed by atoms with van der Waals surface area (Å²) in [6.45, 7) is 11.6. The molecule has 1 aliphatic heterocycles. The Morgan fingerprint density at radius 1 is 1.19 bits per heavy atom. The molecule has 1 fully saturated rings. The van der Waals surface area contributed by atoms with E-state index in [0.717, 1.165) is 44.0 Å². The van der Waals surface area contributed by atoms with Crippen LogP contribution in [0.1, 0.15) is 69.8 Å². The molecule has 7 heteroatoms. The molecular weight excluding hydrogens is 330 g/mol. The lowest BCUT2D eigenvalue weighted by Crippen LogP contribution is -2.36. The highest BCUT2D eigenvalue weighted by Crippen LogP contribution is 2.20. The first-order valence-corrected chi connectivity index (χ1v) is 9.53. The van der Waals surface area contributed by atoms with E-state index in [1.807, 2.05) is 0 Å². The van der Waals surface area contributed by atoms with Crippen molar-refractivity contribution in [3.05, 3.63) is 40.2 Å². The van der Waals surface area contributed by atoms with Crippen LogP contribution in [0.15, 0.2) is 21.7 Å². The number of piperidine rings is 1. The topological polar surface area (TPSA) is 77.0 Å². The van der Waals surface area contributed by atoms with Crippen molar-refractivity contribution in [2.75, 3.05) is 13.1 Å². The van der Waals surface area contributed by atoms with Crippen LogP contribution in [0.3, 0.4) is 0 Å². The molecule has 0 unspecified atom stereocenters. The molecule has 0 N–H and O–H groups in total. The first-order valence-electron chi connectivity index (χ1n) is 9.53. The van der Waals surface area contributed by atoms with Crippen molar-refractivity contribution in [3.63, 3.8) is 0 Å². The van der Waals surface area contributed by atoms with Crippen molar-refractivity contribution in [1.29, 1.82) is 0 Å². The average molecular weight is 359 g/mol. The van der Waals surface area contributed by atoms with E-state index < -0.39 is 0 Å². The summed E-state index contributed by atoms with van der Waals surface area (Å²) in [5, 5.41) is 4.02. The second-order valence-corrected chi connectivity index (χ2v) is 7.88. The monoisotopic (exact) mass is 359 g/mol. The molecule has 0 bridgehead atoms. The standard InChI is InChI=1S/C19H29N5O2/c1-13(2)16-9-18(25)24(12-20-16)10-15-5-7-23(8-6-15)11-17-21-19(14(3)4)22-26-17/h9,12-15H,5-8,10-11H2,1-4H3. The Morgan fingerprint density at radius 3 is 2.50 bits per heavy atom. The number of aromatic nitrogens is 4. The Balaban J connectivity index is 1.51. The summed E-state index contributed by atoms with van der Waals surface area (Å²) in [5.74, 6) is 2.53. The zero-order chi connectivity index (χ0) is 18.7. The van der Waals surface area contributed by atoms with E-state index >= 15 is 0 Å². The van der Waals surface area contributed by atoms with Gasteiger partial charge in [-0.25, -0.2) is 4.98 Å². The molecule has 0 spiro atoms. The number of rotatable bonds is 6. The smallest absolute Gasteiger partial charge is 0.253 e. The van der Waals surface area contributed by atoms with Crippen molar-refractivity contribution < 1.29 is 4.52 Å². The molecule has 2 aromatic heterocycles. The summed E-state index contributed by atoms with van der Waals surface area (Å²) < 4.78 is 7.09. The predicted molar refractivity (Wildman–Crippen MR) is 99.0 cm³/mol. The van der Waals surface area contributed by atoms with Gasteiger partial charge in [0.1, 0.15) is 0 Å². The van der Waals surface area contributed by atoms with Crippen LogP contribution in [0.25, 0.3) is 0 Å². The van der Waals surface area contributed by atoms with Gasteiger partial charge >= 0.3 is 0 Å². The minimum absolute atomic E-state index is 0.0539. The van der Waals surface area contributed by atoms with E-state index in [1.54, 1.807) is 17.0 Å². The molecule has 0 aliphatic carbocycles. The maximum absolute atomic E-state index is 12.3. The fourth-order valence-corrected chi connectivity index (χ4v) is 3.26. The molecule has 0 amide bonds. The zero-order valence-corrected chi connectivity index (χ0v) is 16.2. The van der Waals surface area contributed by atoms with Gasteiger partial charge in [0.2, 0.25) is 5.89 Å². The van der Waals surface area contributed by atoms with Gasteiger partial charge in [0.15, 0.2) is 5.82 Å². The van der Waals surface area contributed by atoms with Gasteiger partial charge in [-0.05, 0) is 37.8 Å². The molecule has 142 valence electrons. The van der Waals surface area contributed by atoms with Gasteiger partial charge in [-0.15, -0.1) is 0 Å². The molecule has 2 aromatic rings. The van der Waals surface area contributed by atoms with Gasteiger partial charge in [0.25, 0.3) is 5.56 Å². The van der Waals surface area contributed by atoms with Crippen molar-refractivity contribution in [2.24, 2.45) is 5.92 Å². The Labute approximate surface area is 154 Å². The molecule has 26 heavy (non-hydrogen) atoms. The van der Waals surface area contributed by atoms with Crippen molar-refractivity contribution in [1.82, 2.24) is 24.6 Å². The second kappa shape index (κ2) is 8.12. The van der Waals surface area contributed by atoms with Crippen molar-refractivity contribution in [2.45, 2.75) is 65.5 Å². The summed E-state index contributed by atoms with van der Waals surface area (Å²) >= 11 is 0. The third-order valence-electron chi connectivity index (χ3n) is 5.01. The van der Waals surface area contributed by atoms with Crippen LogP contribution >= 0.6 is 0 Å². The highest BCUT2D eigenvalue weighted by Gasteiger charge is 2.22. The summed E-state index contributed by atoms with van der Waals surface area (Å²) in [6, 6.07) is 1.67. The lowest BCUT2D eigenvalue weighted by Gasteiger charge is -2.31. The van der Waals surface area contributed by atoms with Crippen LogP contribution < -0.4 is 5.56 Å². The molecule has 7 nitrogen and oxygen atoms in total. The van der Waals surface area contributed by atoms with Crippen LogP contribution in [0.5, 0.6) is 0 Å². The molecule has 1 aliphatic rings. The highest BCUT2D eigenvalue weighted by atomic mass is 16.5. The van der Waals surface area contributed by atoms with E-state index in [0.29, 0.717) is 18.4 Å². The first-order chi connectivity index (χ1) is 12.4. The summed E-state index contributed by atoms with van der Waals surface area (Å²) in [6.07, 6.45) is 3.82. The van der Waals surface area contributed by atoms with E-state index in [-0.39, 0.29) is 17.4 Å². The van der Waals surface area contributed by atoms with E-state index in [4.69, 9.17) is 4.52 Å². The van der Waals surface area contributed by atoms with Crippen LogP contribution in [-0.4, -0.2) is 37.7 Å². The summed E-state index contributed by atoms with van der Waals surface area (Å²) in [4.78, 5) is 23.5. The predicted octanol–water partition coefficient (Wildman–Crippen LogP) is 2.79. The average Bonchev–Trinajstić information content (AvgIpc) is 3.07. The fourth-order valence-electron chi connectivity index (χ4n) is 3.26. The van der Waals surface area contributed by atoms with Gasteiger partial charge < -0.3 is 4.52 Å². The lowest BCUT2D eigenvalue weighted by molar-refractivity contribution is 0.150. The minimum atomic E-state index is 0.0539. The van der Waals surface area contributed by atoms with Gasteiger partial charge in [-0.3, -0.25) is 14.3 Å². The van der Waals surface area contributed by atoms with Crippen LogP contribution in [0.4, 0.5) is 0 Å². The van der Waals surface area contributed by atoms with Crippen LogP contribution in [0.2, 0.25) is 0 Å². The van der Waals surface area contributed by atoms with Crippen LogP contribution in [-0.2, 0) is 13.1 Å². The maximum atomic E-state index is 12.3. The normalized spacial score (nSPS) is 16.7. The van der Waals surface area contributed by atoms with Crippen molar-refractivity contribution in [3.8, 4) is 0 Å². The first kappa shape index (κ1) is 18.8. The quantitative estimate of drug-likeness (QED) is 0.789. The molecule has 1 saturated heterocycles. The Hall–Kier alpha value is -2.02. The lowest BCUT2D eigenvalue weighted by atomic mass is 9.96. The molecular formula is C19H29N5O2. The number of hydrogen-bond acceptors (Lipinski definition) is 6. The van der Waals surface area contributed by atoms with Gasteiger partial charge in [-0.2, -0.15) is 4.98 Å². The fraction of sp³-hybridized carbons (Fsp3) is 0.684. The van der Waals surface area contributed by atoms with Crippen LogP contribution in [0, 0.1) is 5.92 Å². The third-order valence-corrected chi connectivity index (χ3v) is 5.01. The van der Waals surface area contributed by atoms with Crippen molar-refractivity contribution >= 4 is 0 Å². The van der Waals surface area contributed by atoms with Gasteiger partial charge in [-0.1, -0.05) is 32.9 Å². The Morgan fingerprint density at radius 2 is 1.92 bits per heavy atom. The molecule has 0 saturated carbocycles. The molecule has 3 rings (SSSR count). The molecule has 0 atom stereocenters. The Bertz CT molecular complexity index is 772. The number of hydrogen-bond donors (Lipinski definition) is 0. The molecule has 0 aromatic carbocycles. The highest BCUT2D eigenvalue weighted by molar-refractivity contribution is 5.04. The van der Waals surface area contributed by atoms with Gasteiger partial charge in [0, 0.05) is 18.5 Å². The zero-order valence-electron chi connectivity index (χ0n) is 16.2. The SMILES string of the molecule is CC(C)c1cc(=O)n(CC2CCN(Cc3nc(C(C)C)no3)CC2)cn1. The number of likely N-dealkylation sites (tertiary alicyclic amines) is 1. The molecule has 3 heterocycles. The third kappa shape index (κ3) is 4.58. The summed E-state index contributed by atoms with van der Waals surface area (Å²) in [7, 11) is 0. The minimum Gasteiger partial charge on any atom is -0.338 e. The van der Waals surface area contributed by atoms with E-state index in [1.165, 1.54) is 0 Å². The second-order valence-electron chi connectivity index (χ2n) is 7.88.